The molecule has 0 aliphatic heterocycles. The van der Waals surface area contributed by atoms with Gasteiger partial charge < -0.3 is 5.32 Å². The van der Waals surface area contributed by atoms with E-state index >= 15 is 0 Å². The Kier molecular flexibility index (Phi) is 4.53. The Balaban J connectivity index is 1.98. The molecule has 0 saturated heterocycles. The summed E-state index contributed by atoms with van der Waals surface area (Å²) in [5, 5.41) is 6.46. The van der Waals surface area contributed by atoms with E-state index in [0.717, 1.165) is 26.3 Å². The Morgan fingerprint density at radius 2 is 2.24 bits per heavy atom. The molecule has 0 aliphatic rings. The highest BCUT2D eigenvalue weighted by atomic mass is 79.9. The fourth-order valence-corrected chi connectivity index (χ4v) is 3.19. The first-order valence-corrected chi connectivity index (χ1v) is 7.57. The zero-order chi connectivity index (χ0) is 12.3. The number of pyridine rings is 1. The lowest BCUT2D eigenvalue weighted by atomic mass is 10.2. The van der Waals surface area contributed by atoms with Crippen molar-refractivity contribution in [2.45, 2.75) is 12.8 Å². The van der Waals surface area contributed by atoms with E-state index in [9.17, 15) is 0 Å². The second kappa shape index (κ2) is 5.93. The summed E-state index contributed by atoms with van der Waals surface area (Å²) in [7, 11) is 0. The minimum atomic E-state index is 0.382. The molecular formula is C11H11Br2N3S. The van der Waals surface area contributed by atoms with Gasteiger partial charge in [-0.25, -0.2) is 9.97 Å². The number of hydrogen-bond donors (Lipinski definition) is 1. The van der Waals surface area contributed by atoms with Crippen LogP contribution in [-0.2, 0) is 0 Å². The predicted octanol–water partition coefficient (Wildman–Crippen LogP) is 4.28. The Bertz CT molecular complexity index is 487. The van der Waals surface area contributed by atoms with Crippen molar-refractivity contribution in [1.82, 2.24) is 9.97 Å². The quantitative estimate of drug-likeness (QED) is 0.865. The first-order chi connectivity index (χ1) is 8.16. The van der Waals surface area contributed by atoms with Crippen molar-refractivity contribution in [3.63, 3.8) is 0 Å². The zero-order valence-electron chi connectivity index (χ0n) is 9.15. The van der Waals surface area contributed by atoms with Gasteiger partial charge in [0.25, 0.3) is 0 Å². The van der Waals surface area contributed by atoms with Crippen LogP contribution in [0.25, 0.3) is 0 Å². The molecule has 2 heterocycles. The van der Waals surface area contributed by atoms with Crippen molar-refractivity contribution < 1.29 is 0 Å². The van der Waals surface area contributed by atoms with Crippen LogP contribution in [0.15, 0.2) is 32.8 Å². The van der Waals surface area contributed by atoms with Crippen LogP contribution >= 0.6 is 43.2 Å². The average molecular weight is 377 g/mol. The van der Waals surface area contributed by atoms with E-state index in [2.05, 4.69) is 54.1 Å². The molecule has 0 aliphatic carbocycles. The lowest BCUT2D eigenvalue weighted by Crippen LogP contribution is -2.10. The van der Waals surface area contributed by atoms with Gasteiger partial charge in [0.2, 0.25) is 0 Å². The normalized spacial score (nSPS) is 12.4. The smallest absolute Gasteiger partial charge is 0.140 e. The maximum absolute atomic E-state index is 4.31. The second-order valence-corrected chi connectivity index (χ2v) is 6.33. The lowest BCUT2D eigenvalue weighted by molar-refractivity contribution is 0.791. The predicted molar refractivity (Wildman–Crippen MR) is 78.7 cm³/mol. The summed E-state index contributed by atoms with van der Waals surface area (Å²) in [6.07, 6.45) is 3.62. The van der Waals surface area contributed by atoms with Gasteiger partial charge in [-0.2, -0.15) is 0 Å². The van der Waals surface area contributed by atoms with Crippen LogP contribution in [-0.4, -0.2) is 16.5 Å². The second-order valence-electron chi connectivity index (χ2n) is 3.64. The van der Waals surface area contributed by atoms with Crippen LogP contribution in [0.5, 0.6) is 0 Å². The van der Waals surface area contributed by atoms with Gasteiger partial charge in [-0.3, -0.25) is 0 Å². The molecule has 3 nitrogen and oxygen atoms in total. The number of halogens is 2. The van der Waals surface area contributed by atoms with Gasteiger partial charge in [0.1, 0.15) is 5.82 Å². The molecule has 90 valence electrons. The number of nitrogens with zero attached hydrogens (tertiary/aromatic N) is 2. The largest absolute Gasteiger partial charge is 0.368 e. The molecule has 17 heavy (non-hydrogen) atoms. The number of anilines is 1. The molecule has 0 amide bonds. The fourth-order valence-electron chi connectivity index (χ4n) is 1.36. The van der Waals surface area contributed by atoms with Crippen molar-refractivity contribution in [1.29, 1.82) is 0 Å². The number of thiazole rings is 1. The highest BCUT2D eigenvalue weighted by Gasteiger charge is 2.09. The van der Waals surface area contributed by atoms with E-state index in [1.807, 2.05) is 17.6 Å². The maximum Gasteiger partial charge on any atom is 0.140 e. The first kappa shape index (κ1) is 13.0. The van der Waals surface area contributed by atoms with Crippen LogP contribution in [0, 0.1) is 0 Å². The summed E-state index contributed by atoms with van der Waals surface area (Å²) in [5.41, 5.74) is 0. The van der Waals surface area contributed by atoms with Gasteiger partial charge in [0.05, 0.1) is 9.48 Å². The Labute approximate surface area is 121 Å². The number of hydrogen-bond acceptors (Lipinski definition) is 4. The highest BCUT2D eigenvalue weighted by molar-refractivity contribution is 9.11. The van der Waals surface area contributed by atoms with Crippen molar-refractivity contribution in [3.05, 3.63) is 37.8 Å². The van der Waals surface area contributed by atoms with Crippen molar-refractivity contribution in [3.8, 4) is 0 Å². The van der Waals surface area contributed by atoms with Gasteiger partial charge >= 0.3 is 0 Å². The van der Waals surface area contributed by atoms with E-state index in [-0.39, 0.29) is 0 Å². The van der Waals surface area contributed by atoms with Gasteiger partial charge in [-0.15, -0.1) is 11.3 Å². The van der Waals surface area contributed by atoms with Crippen LogP contribution in [0.2, 0.25) is 0 Å². The number of aromatic nitrogens is 2. The highest BCUT2D eigenvalue weighted by Crippen LogP contribution is 2.25. The van der Waals surface area contributed by atoms with Crippen molar-refractivity contribution in [2.24, 2.45) is 0 Å². The summed E-state index contributed by atoms with van der Waals surface area (Å²) in [6, 6.07) is 1.98. The summed E-state index contributed by atoms with van der Waals surface area (Å²) in [4.78, 5) is 8.61. The molecular weight excluding hydrogens is 366 g/mol. The van der Waals surface area contributed by atoms with Crippen LogP contribution in [0.1, 0.15) is 17.8 Å². The third kappa shape index (κ3) is 3.50. The van der Waals surface area contributed by atoms with E-state index in [1.165, 1.54) is 0 Å². The topological polar surface area (TPSA) is 37.8 Å². The van der Waals surface area contributed by atoms with Crippen LogP contribution < -0.4 is 5.32 Å². The molecule has 0 aromatic carbocycles. The number of rotatable bonds is 4. The summed E-state index contributed by atoms with van der Waals surface area (Å²) in [6.45, 7) is 2.97. The van der Waals surface area contributed by atoms with Gasteiger partial charge in [-0.1, -0.05) is 6.92 Å². The average Bonchev–Trinajstić information content (AvgIpc) is 2.81. The summed E-state index contributed by atoms with van der Waals surface area (Å²) in [5.74, 6) is 1.24. The molecule has 2 rings (SSSR count). The minimum absolute atomic E-state index is 0.382. The maximum atomic E-state index is 4.31. The molecule has 0 radical (unpaired) electrons. The van der Waals surface area contributed by atoms with Gasteiger partial charge in [0, 0.05) is 34.7 Å². The van der Waals surface area contributed by atoms with E-state index in [1.54, 1.807) is 17.5 Å². The fraction of sp³-hybridized carbons (Fsp3) is 0.273. The standard InChI is InChI=1S/C11H11Br2N3S/c1-7(11-14-2-3-17-11)5-15-10-9(13)4-8(12)6-16-10/h2-4,6-7H,5H2,1H3,(H,15,16). The van der Waals surface area contributed by atoms with E-state index in [0.29, 0.717) is 5.92 Å². The minimum Gasteiger partial charge on any atom is -0.368 e. The molecule has 0 spiro atoms. The van der Waals surface area contributed by atoms with Gasteiger partial charge in [-0.05, 0) is 37.9 Å². The van der Waals surface area contributed by atoms with Gasteiger partial charge in [0.15, 0.2) is 0 Å². The third-order valence-electron chi connectivity index (χ3n) is 2.26. The van der Waals surface area contributed by atoms with Crippen molar-refractivity contribution >= 4 is 49.0 Å². The Morgan fingerprint density at radius 1 is 1.41 bits per heavy atom. The van der Waals surface area contributed by atoms with Crippen molar-refractivity contribution in [2.75, 3.05) is 11.9 Å². The first-order valence-electron chi connectivity index (χ1n) is 5.11. The van der Waals surface area contributed by atoms with Crippen LogP contribution in [0.4, 0.5) is 5.82 Å². The van der Waals surface area contributed by atoms with E-state index < -0.39 is 0 Å². The van der Waals surface area contributed by atoms with E-state index in [4.69, 9.17) is 0 Å². The lowest BCUT2D eigenvalue weighted by Gasteiger charge is -2.11. The monoisotopic (exact) mass is 375 g/mol. The Hall–Kier alpha value is -0.460. The summed E-state index contributed by atoms with van der Waals surface area (Å²) < 4.78 is 1.92. The number of nitrogens with one attached hydrogen (secondary N) is 1. The molecule has 0 fully saturated rings. The summed E-state index contributed by atoms with van der Waals surface area (Å²) >= 11 is 8.54. The third-order valence-corrected chi connectivity index (χ3v) is 4.30. The molecule has 1 N–H and O–H groups in total. The molecule has 0 saturated carbocycles. The SMILES string of the molecule is CC(CNc1ncc(Br)cc1Br)c1nccs1. The Morgan fingerprint density at radius 3 is 2.88 bits per heavy atom. The molecule has 1 atom stereocenters. The molecule has 6 heteroatoms. The van der Waals surface area contributed by atoms with Crippen LogP contribution in [0.3, 0.4) is 0 Å². The molecule has 0 bridgehead atoms. The molecule has 2 aromatic heterocycles. The molecule has 1 unspecified atom stereocenters. The molecule has 2 aromatic rings. The zero-order valence-corrected chi connectivity index (χ0v) is 13.1.